The molecule has 19 nitrogen and oxygen atoms in total. The number of hydrogen-bond acceptors (Lipinski definition) is 10. The Hall–Kier alpha value is -7.90. The second kappa shape index (κ2) is 24.7. The lowest BCUT2D eigenvalue weighted by Gasteiger charge is -2.42. The monoisotopic (exact) mass is 1150 g/mol. The molecule has 8 amide bonds. The van der Waals surface area contributed by atoms with Gasteiger partial charge < -0.3 is 52.8 Å². The number of carbonyl (C=O) groups excluding carboxylic acids is 8. The molecule has 84 heavy (non-hydrogen) atoms. The summed E-state index contributed by atoms with van der Waals surface area (Å²) >= 11 is 0. The van der Waals surface area contributed by atoms with Gasteiger partial charge in [0.05, 0.1) is 41.4 Å². The van der Waals surface area contributed by atoms with Crippen LogP contribution >= 0.6 is 0 Å². The van der Waals surface area contributed by atoms with Crippen LogP contribution in [-0.4, -0.2) is 125 Å². The minimum Gasteiger partial charge on any atom is -0.366 e. The molecule has 0 bridgehead atoms. The van der Waals surface area contributed by atoms with Gasteiger partial charge in [-0.1, -0.05) is 102 Å². The van der Waals surface area contributed by atoms with E-state index < -0.39 is 76.9 Å². The Kier molecular flexibility index (Phi) is 17.9. The van der Waals surface area contributed by atoms with Gasteiger partial charge in [0, 0.05) is 30.5 Å². The van der Waals surface area contributed by atoms with Crippen molar-refractivity contribution >= 4 is 58.3 Å². The zero-order chi connectivity index (χ0) is 60.5. The summed E-state index contributed by atoms with van der Waals surface area (Å²) in [7, 11) is 3.32. The molecule has 0 radical (unpaired) electrons. The molecule has 2 aliphatic carbocycles. The van der Waals surface area contributed by atoms with Crippen LogP contribution in [0.5, 0.6) is 0 Å². The number of nitrogens with one attached hydrogen (secondary N) is 7. The van der Waals surface area contributed by atoms with Gasteiger partial charge in [0.25, 0.3) is 0 Å². The van der Waals surface area contributed by atoms with E-state index in [0.717, 1.165) is 59.9 Å². The summed E-state index contributed by atoms with van der Waals surface area (Å²) in [6, 6.07) is 21.3. The summed E-state index contributed by atoms with van der Waals surface area (Å²) in [5, 5.41) is 22.1. The number of carbonyl (C=O) groups is 8. The first-order valence-electron chi connectivity index (χ1n) is 29.6. The fraction of sp³-hybridized carbons (Fsp3) is 0.477. The minimum atomic E-state index is -1.03. The van der Waals surface area contributed by atoms with Crippen molar-refractivity contribution in [3.05, 3.63) is 130 Å². The van der Waals surface area contributed by atoms with E-state index in [1.807, 2.05) is 96.1 Å². The van der Waals surface area contributed by atoms with Crippen molar-refractivity contribution in [1.82, 2.24) is 51.6 Å². The smallest absolute Gasteiger partial charge is 0.326 e. The second-order valence-electron chi connectivity index (χ2n) is 25.5. The standard InChI is InChI=1S/C65H83N11O8/c1-36(67-9)57(78)72-54(64(3,4)5)61(82)74-34-44-29-41(26-25-40(44)31-52(74)59(80)70-48-23-15-19-38-17-11-13-21-46(38)48)51-32-43-30-42(56(66)77)27-28-50(43)76(51)63(84)69-45-33-53(60(81)71-49-24-16-20-39-18-12-14-22-47(39)49)75(35-45)62(83)55(65(6,7)8)73-58(79)37(2)68-10/h11-14,17-18,21-22,25-30,32,36-37,45,48-49,52-55,67-68H,15-16,19-20,23-24,31,33-35H2,1-10H3,(H2,66,77)(H,69,84)(H,70,80)(H,71,81)(H,72,78)(H,73,79)/t36-,37-,45-,48+,49+,52-,53-,54+,55+/m0/s1. The highest BCUT2D eigenvalue weighted by Gasteiger charge is 2.47. The Balaban J connectivity index is 1.07. The summed E-state index contributed by atoms with van der Waals surface area (Å²) in [6.07, 6.45) is 5.23. The van der Waals surface area contributed by atoms with Gasteiger partial charge in [-0.05, 0) is 153 Å². The molecule has 2 aliphatic heterocycles. The molecule has 1 saturated heterocycles. The maximum Gasteiger partial charge on any atom is 0.326 e. The van der Waals surface area contributed by atoms with Crippen LogP contribution in [-0.2, 0) is 54.6 Å². The van der Waals surface area contributed by atoms with E-state index in [-0.39, 0.29) is 67.2 Å². The number of aromatic nitrogens is 1. The lowest BCUT2D eigenvalue weighted by molar-refractivity contribution is -0.147. The first-order valence-corrected chi connectivity index (χ1v) is 29.6. The van der Waals surface area contributed by atoms with Crippen molar-refractivity contribution in [2.45, 2.75) is 168 Å². The molecule has 9 N–H and O–H groups in total. The van der Waals surface area contributed by atoms with Crippen LogP contribution in [0.15, 0.2) is 91.0 Å². The minimum absolute atomic E-state index is 0.00462. The lowest BCUT2D eigenvalue weighted by Crippen LogP contribution is -2.62. The average Bonchev–Trinajstić information content (AvgIpc) is 1.75. The molecule has 1 fully saturated rings. The van der Waals surface area contributed by atoms with Crippen LogP contribution in [0.1, 0.15) is 143 Å². The highest BCUT2D eigenvalue weighted by molar-refractivity contribution is 6.03. The van der Waals surface area contributed by atoms with Gasteiger partial charge in [-0.3, -0.25) is 38.1 Å². The lowest BCUT2D eigenvalue weighted by atomic mass is 9.83. The Labute approximate surface area is 492 Å². The van der Waals surface area contributed by atoms with Crippen LogP contribution < -0.4 is 43.0 Å². The molecule has 0 spiro atoms. The number of amides is 8. The number of nitrogens with zero attached hydrogens (tertiary/aromatic N) is 3. The summed E-state index contributed by atoms with van der Waals surface area (Å²) in [4.78, 5) is 118. The van der Waals surface area contributed by atoms with E-state index >= 15 is 14.4 Å². The highest BCUT2D eigenvalue weighted by atomic mass is 16.2. The SMILES string of the molecule is CN[C@@H](C)C(=O)N[C@H](C(=O)N1Cc2cc(-c3cc4cc(C(N)=O)ccc4n3C(=O)N[C@H]3C[C@@H](C(=O)N[C@@H]4CCCc5ccccc54)N(C(=O)[C@@H](NC(=O)[C@H](C)NC)C(C)(C)C)C3)ccc2C[C@H]1C(=O)N[C@@H]1CCCc2ccccc21)C(C)(C)C. The molecule has 19 heteroatoms. The molecule has 446 valence electrons. The number of aryl methyl sites for hydroxylation is 2. The molecule has 0 unspecified atom stereocenters. The zero-order valence-corrected chi connectivity index (χ0v) is 50.1. The molecule has 3 heterocycles. The Bertz CT molecular complexity index is 3380. The topological polar surface area (TPSA) is 258 Å². The van der Waals surface area contributed by atoms with Crippen LogP contribution in [0, 0.1) is 10.8 Å². The van der Waals surface area contributed by atoms with E-state index in [0.29, 0.717) is 28.6 Å². The maximum absolute atomic E-state index is 15.3. The van der Waals surface area contributed by atoms with E-state index in [4.69, 9.17) is 5.73 Å². The molecule has 4 aliphatic rings. The van der Waals surface area contributed by atoms with Crippen LogP contribution in [0.2, 0.25) is 0 Å². The molecular weight excluding hydrogens is 1060 g/mol. The van der Waals surface area contributed by atoms with Crippen molar-refractivity contribution < 1.29 is 38.4 Å². The van der Waals surface area contributed by atoms with Crippen LogP contribution in [0.4, 0.5) is 4.79 Å². The van der Waals surface area contributed by atoms with Gasteiger partial charge >= 0.3 is 6.03 Å². The van der Waals surface area contributed by atoms with E-state index in [1.54, 1.807) is 57.1 Å². The van der Waals surface area contributed by atoms with E-state index in [1.165, 1.54) is 15.0 Å². The quantitative estimate of drug-likeness (QED) is 0.0620. The zero-order valence-electron chi connectivity index (χ0n) is 50.1. The molecule has 9 atom stereocenters. The van der Waals surface area contributed by atoms with Gasteiger partial charge in [0.15, 0.2) is 0 Å². The number of fused-ring (bicyclic) bond motifs is 4. The fourth-order valence-corrected chi connectivity index (χ4v) is 12.5. The predicted molar refractivity (Wildman–Crippen MR) is 322 cm³/mol. The summed E-state index contributed by atoms with van der Waals surface area (Å²) < 4.78 is 1.50. The predicted octanol–water partition coefficient (Wildman–Crippen LogP) is 5.85. The Morgan fingerprint density at radius 1 is 0.595 bits per heavy atom. The third kappa shape index (κ3) is 12.8. The Morgan fingerprint density at radius 3 is 1.67 bits per heavy atom. The number of likely N-dealkylation sites (tertiary alicyclic amines) is 1. The van der Waals surface area contributed by atoms with Crippen molar-refractivity contribution in [2.75, 3.05) is 20.6 Å². The molecule has 0 saturated carbocycles. The number of nitrogens with two attached hydrogens (primary N) is 1. The number of rotatable bonds is 15. The maximum atomic E-state index is 15.3. The fourth-order valence-electron chi connectivity index (χ4n) is 12.5. The third-order valence-corrected chi connectivity index (χ3v) is 17.5. The molecule has 1 aromatic heterocycles. The van der Waals surface area contributed by atoms with Crippen LogP contribution in [0.3, 0.4) is 0 Å². The highest BCUT2D eigenvalue weighted by Crippen LogP contribution is 2.37. The number of hydrogen-bond donors (Lipinski definition) is 8. The number of benzene rings is 4. The van der Waals surface area contributed by atoms with Crippen molar-refractivity contribution in [1.29, 1.82) is 0 Å². The average molecular weight is 1150 g/mol. The van der Waals surface area contributed by atoms with Gasteiger partial charge in [-0.2, -0.15) is 0 Å². The van der Waals surface area contributed by atoms with Crippen molar-refractivity contribution in [2.24, 2.45) is 16.6 Å². The van der Waals surface area contributed by atoms with Gasteiger partial charge in [0.2, 0.25) is 41.4 Å². The molecular formula is C65H83N11O8. The van der Waals surface area contributed by atoms with Crippen molar-refractivity contribution in [3.8, 4) is 11.3 Å². The number of primary amides is 1. The normalized spacial score (nSPS) is 20.9. The molecule has 5 aromatic rings. The van der Waals surface area contributed by atoms with E-state index in [2.05, 4.69) is 49.4 Å². The summed E-state index contributed by atoms with van der Waals surface area (Å²) in [6.45, 7) is 14.5. The van der Waals surface area contributed by atoms with Crippen LogP contribution in [0.25, 0.3) is 22.2 Å². The first kappa shape index (κ1) is 60.7. The summed E-state index contributed by atoms with van der Waals surface area (Å²) in [5.41, 5.74) is 11.8. The van der Waals surface area contributed by atoms with Crippen molar-refractivity contribution in [3.63, 3.8) is 0 Å². The van der Waals surface area contributed by atoms with Gasteiger partial charge in [0.1, 0.15) is 24.2 Å². The molecule has 4 aromatic carbocycles. The second-order valence-corrected chi connectivity index (χ2v) is 25.5. The van der Waals surface area contributed by atoms with Gasteiger partial charge in [-0.15, -0.1) is 0 Å². The number of likely N-dealkylation sites (N-methyl/N-ethyl adjacent to an activating group) is 2. The van der Waals surface area contributed by atoms with Gasteiger partial charge in [-0.25, -0.2) is 4.79 Å². The molecule has 9 rings (SSSR count). The van der Waals surface area contributed by atoms with E-state index in [9.17, 15) is 24.0 Å². The largest absolute Gasteiger partial charge is 0.366 e. The first-order chi connectivity index (χ1) is 39.9. The third-order valence-electron chi connectivity index (χ3n) is 17.5. The Morgan fingerprint density at radius 2 is 1.13 bits per heavy atom. The summed E-state index contributed by atoms with van der Waals surface area (Å²) in [5.74, 6) is -2.98.